The van der Waals surface area contributed by atoms with Crippen molar-refractivity contribution in [3.63, 3.8) is 0 Å². The lowest BCUT2D eigenvalue weighted by atomic mass is 9.96. The van der Waals surface area contributed by atoms with Gasteiger partial charge in [-0.25, -0.2) is 4.79 Å². The van der Waals surface area contributed by atoms with Crippen molar-refractivity contribution in [2.75, 3.05) is 26.2 Å². The Bertz CT molecular complexity index is 1350. The Morgan fingerprint density at radius 1 is 0.976 bits per heavy atom. The lowest BCUT2D eigenvalue weighted by Gasteiger charge is -2.30. The van der Waals surface area contributed by atoms with Crippen molar-refractivity contribution in [1.29, 1.82) is 0 Å². The first-order chi connectivity index (χ1) is 19.9. The maximum absolute atomic E-state index is 13.6. The molecule has 1 fully saturated rings. The van der Waals surface area contributed by atoms with Crippen LogP contribution in [0, 0.1) is 5.92 Å². The van der Waals surface area contributed by atoms with E-state index in [0.29, 0.717) is 32.5 Å². The molecule has 41 heavy (non-hydrogen) atoms. The zero-order chi connectivity index (χ0) is 28.8. The van der Waals surface area contributed by atoms with E-state index in [-0.39, 0.29) is 37.3 Å². The summed E-state index contributed by atoms with van der Waals surface area (Å²) in [6.07, 6.45) is 0.385. The number of aliphatic carboxylic acids is 1. The van der Waals surface area contributed by atoms with Gasteiger partial charge in [-0.2, -0.15) is 0 Å². The summed E-state index contributed by atoms with van der Waals surface area (Å²) in [5.41, 5.74) is 4.47. The van der Waals surface area contributed by atoms with Crippen molar-refractivity contribution in [3.8, 4) is 11.1 Å². The summed E-state index contributed by atoms with van der Waals surface area (Å²) < 4.78 is 5.80. The van der Waals surface area contributed by atoms with Crippen LogP contribution in [0.1, 0.15) is 48.8 Å². The number of benzene rings is 3. The fourth-order valence-electron chi connectivity index (χ4n) is 6.05. The van der Waals surface area contributed by atoms with Crippen LogP contribution < -0.4 is 10.6 Å². The first-order valence-electron chi connectivity index (χ1n) is 14.3. The third-order valence-corrected chi connectivity index (χ3v) is 8.31. The van der Waals surface area contributed by atoms with E-state index >= 15 is 0 Å². The number of ether oxygens (including phenoxy) is 1. The highest BCUT2D eigenvalue weighted by atomic mass is 16.5. The van der Waals surface area contributed by atoms with Gasteiger partial charge in [0.2, 0.25) is 5.91 Å². The van der Waals surface area contributed by atoms with Crippen molar-refractivity contribution in [2.45, 2.75) is 44.2 Å². The van der Waals surface area contributed by atoms with Gasteiger partial charge in [-0.3, -0.25) is 14.5 Å². The summed E-state index contributed by atoms with van der Waals surface area (Å²) in [6.45, 7) is 3.89. The van der Waals surface area contributed by atoms with Crippen LogP contribution in [-0.4, -0.2) is 59.8 Å². The first kappa shape index (κ1) is 28.4. The predicted molar refractivity (Wildman–Crippen MR) is 156 cm³/mol. The molecule has 1 heterocycles. The Morgan fingerprint density at radius 3 is 2.24 bits per heavy atom. The fraction of sp³-hybridized carbons (Fsp3) is 0.364. The highest BCUT2D eigenvalue weighted by Crippen LogP contribution is 2.44. The van der Waals surface area contributed by atoms with Gasteiger partial charge < -0.3 is 20.5 Å². The number of hydrogen-bond acceptors (Lipinski definition) is 5. The number of amides is 2. The molecule has 0 spiro atoms. The third-order valence-electron chi connectivity index (χ3n) is 8.31. The van der Waals surface area contributed by atoms with E-state index in [2.05, 4.69) is 39.8 Å². The minimum absolute atomic E-state index is 0.0241. The minimum atomic E-state index is -1.18. The van der Waals surface area contributed by atoms with Gasteiger partial charge in [-0.05, 0) is 40.2 Å². The Labute approximate surface area is 240 Å². The molecule has 0 radical (unpaired) electrons. The standard InChI is InChI=1S/C33H37N3O5/c1-2-23(18-30(37)38)19-34-31(39)33(16-17-36(22-33)20-24-10-4-3-5-11-24)35-32(40)41-21-29-27-14-8-6-12-25(27)26-13-7-9-15-28(26)29/h3-15,23,29H,2,16-22H2,1H3,(H,34,39)(H,35,40)(H,37,38). The quantitative estimate of drug-likeness (QED) is 0.314. The van der Waals surface area contributed by atoms with Crippen LogP contribution in [0.5, 0.6) is 0 Å². The fourth-order valence-corrected chi connectivity index (χ4v) is 6.05. The highest BCUT2D eigenvalue weighted by molar-refractivity contribution is 5.91. The second kappa shape index (κ2) is 12.6. The molecule has 2 unspecified atom stereocenters. The molecule has 0 bridgehead atoms. The van der Waals surface area contributed by atoms with Crippen LogP contribution in [-0.2, 0) is 20.9 Å². The zero-order valence-corrected chi connectivity index (χ0v) is 23.3. The number of carbonyl (C=O) groups excluding carboxylic acids is 2. The number of alkyl carbamates (subject to hydrolysis) is 1. The average Bonchev–Trinajstić information content (AvgIpc) is 3.53. The molecule has 3 N–H and O–H groups in total. The van der Waals surface area contributed by atoms with Crippen molar-refractivity contribution in [2.24, 2.45) is 5.92 Å². The van der Waals surface area contributed by atoms with Crippen molar-refractivity contribution < 1.29 is 24.2 Å². The second-order valence-electron chi connectivity index (χ2n) is 11.1. The monoisotopic (exact) mass is 555 g/mol. The molecule has 3 aromatic carbocycles. The molecule has 2 atom stereocenters. The molecular formula is C33H37N3O5. The van der Waals surface area contributed by atoms with Gasteiger partial charge in [0.25, 0.3) is 0 Å². The van der Waals surface area contributed by atoms with Crippen LogP contribution in [0.2, 0.25) is 0 Å². The molecule has 1 aliphatic carbocycles. The Balaban J connectivity index is 1.28. The number of carboxylic acid groups (broad SMARTS) is 1. The summed E-state index contributed by atoms with van der Waals surface area (Å²) in [7, 11) is 0. The van der Waals surface area contributed by atoms with Gasteiger partial charge in [0.05, 0.1) is 0 Å². The Kier molecular flexibility index (Phi) is 8.69. The molecule has 8 nitrogen and oxygen atoms in total. The normalized spacial score (nSPS) is 18.8. The van der Waals surface area contributed by atoms with E-state index < -0.39 is 17.6 Å². The number of nitrogens with zero attached hydrogens (tertiary/aromatic N) is 1. The topological polar surface area (TPSA) is 108 Å². The van der Waals surface area contributed by atoms with Crippen LogP contribution in [0.3, 0.4) is 0 Å². The molecule has 0 aromatic heterocycles. The smallest absolute Gasteiger partial charge is 0.408 e. The molecule has 2 aliphatic rings. The third kappa shape index (κ3) is 6.43. The van der Waals surface area contributed by atoms with Crippen LogP contribution in [0.25, 0.3) is 11.1 Å². The summed E-state index contributed by atoms with van der Waals surface area (Å²) in [6, 6.07) is 26.3. The van der Waals surface area contributed by atoms with Gasteiger partial charge in [-0.1, -0.05) is 92.2 Å². The number of carboxylic acids is 1. The maximum atomic E-state index is 13.6. The van der Waals surface area contributed by atoms with Gasteiger partial charge in [-0.15, -0.1) is 0 Å². The van der Waals surface area contributed by atoms with E-state index in [9.17, 15) is 19.5 Å². The second-order valence-corrected chi connectivity index (χ2v) is 11.1. The highest BCUT2D eigenvalue weighted by Gasteiger charge is 2.46. The van der Waals surface area contributed by atoms with Gasteiger partial charge in [0.15, 0.2) is 0 Å². The maximum Gasteiger partial charge on any atom is 0.408 e. The number of nitrogens with one attached hydrogen (secondary N) is 2. The Hall–Kier alpha value is -4.17. The van der Waals surface area contributed by atoms with Crippen molar-refractivity contribution in [1.82, 2.24) is 15.5 Å². The number of carbonyl (C=O) groups is 3. The van der Waals surface area contributed by atoms with Crippen LogP contribution >= 0.6 is 0 Å². The zero-order valence-electron chi connectivity index (χ0n) is 23.3. The molecule has 1 saturated heterocycles. The van der Waals surface area contributed by atoms with Gasteiger partial charge in [0, 0.05) is 38.5 Å². The summed E-state index contributed by atoms with van der Waals surface area (Å²) in [4.78, 5) is 40.3. The lowest BCUT2D eigenvalue weighted by Crippen LogP contribution is -2.61. The number of likely N-dealkylation sites (tertiary alicyclic amines) is 1. The van der Waals surface area contributed by atoms with Gasteiger partial charge >= 0.3 is 12.1 Å². The summed E-state index contributed by atoms with van der Waals surface area (Å²) in [5, 5.41) is 15.1. The molecule has 214 valence electrons. The minimum Gasteiger partial charge on any atom is -0.481 e. The number of rotatable bonds is 11. The SMILES string of the molecule is CCC(CNC(=O)C1(NC(=O)OCC2c3ccccc3-c3ccccc32)CCN(Cc2ccccc2)C1)CC(=O)O. The molecule has 8 heteroatoms. The number of hydrogen-bond donors (Lipinski definition) is 3. The van der Waals surface area contributed by atoms with Gasteiger partial charge in [0.1, 0.15) is 12.1 Å². The molecule has 0 saturated carbocycles. The van der Waals surface area contributed by atoms with Crippen molar-refractivity contribution >= 4 is 18.0 Å². The predicted octanol–water partition coefficient (Wildman–Crippen LogP) is 4.79. The van der Waals surface area contributed by atoms with E-state index in [0.717, 1.165) is 27.8 Å². The lowest BCUT2D eigenvalue weighted by molar-refractivity contribution is -0.138. The molecule has 5 rings (SSSR count). The van der Waals surface area contributed by atoms with E-state index in [4.69, 9.17) is 4.74 Å². The Morgan fingerprint density at radius 2 is 1.61 bits per heavy atom. The van der Waals surface area contributed by atoms with Crippen LogP contribution in [0.15, 0.2) is 78.9 Å². The molecule has 2 amide bonds. The first-order valence-corrected chi connectivity index (χ1v) is 14.3. The van der Waals surface area contributed by atoms with Crippen LogP contribution in [0.4, 0.5) is 4.79 Å². The molecule has 3 aromatic rings. The molecule has 1 aliphatic heterocycles. The number of fused-ring (bicyclic) bond motifs is 3. The summed E-state index contributed by atoms with van der Waals surface area (Å²) >= 11 is 0. The van der Waals surface area contributed by atoms with Crippen molar-refractivity contribution in [3.05, 3.63) is 95.6 Å². The van der Waals surface area contributed by atoms with E-state index in [1.807, 2.05) is 61.5 Å². The average molecular weight is 556 g/mol. The summed E-state index contributed by atoms with van der Waals surface area (Å²) in [5.74, 6) is -1.49. The van der Waals surface area contributed by atoms with E-state index in [1.54, 1.807) is 0 Å². The largest absolute Gasteiger partial charge is 0.481 e. The van der Waals surface area contributed by atoms with E-state index in [1.165, 1.54) is 0 Å². The molecular weight excluding hydrogens is 518 g/mol.